The van der Waals surface area contributed by atoms with Gasteiger partial charge in [-0.05, 0) is 45.4 Å². The second kappa shape index (κ2) is 10.4. The van der Waals surface area contributed by atoms with Crippen molar-refractivity contribution in [1.29, 1.82) is 0 Å². The maximum atomic E-state index is 12.3. The molecule has 0 saturated carbocycles. The largest absolute Gasteiger partial charge is 0.355 e. The number of carbonyl (C=O) groups excluding carboxylic acids is 2. The Bertz CT molecular complexity index is 415. The van der Waals surface area contributed by atoms with Gasteiger partial charge in [-0.3, -0.25) is 9.59 Å². The van der Waals surface area contributed by atoms with Gasteiger partial charge in [0.15, 0.2) is 0 Å². The van der Waals surface area contributed by atoms with Gasteiger partial charge in [0.05, 0.1) is 5.92 Å². The van der Waals surface area contributed by atoms with E-state index in [9.17, 15) is 9.59 Å². The Labute approximate surface area is 157 Å². The first kappa shape index (κ1) is 23.4. The summed E-state index contributed by atoms with van der Waals surface area (Å²) < 4.78 is 0. The highest BCUT2D eigenvalue weighted by molar-refractivity contribution is 5.89. The number of hydrogen-bond donors (Lipinski definition) is 2. The number of nitrogens with zero attached hydrogens (tertiary/aromatic N) is 2. The Morgan fingerprint density at radius 3 is 2.54 bits per heavy atom. The smallest absolute Gasteiger partial charge is 0.225 e. The van der Waals surface area contributed by atoms with E-state index >= 15 is 0 Å². The van der Waals surface area contributed by atoms with Crippen molar-refractivity contribution in [3.63, 3.8) is 0 Å². The van der Waals surface area contributed by atoms with Crippen LogP contribution < -0.4 is 10.6 Å². The molecular formula is C16H32Cl2N4O2. The SMILES string of the molecule is CN(C)CCN1CC(C(=O)NCC2(C)CCNCC2)CC1=O.Cl.Cl. The highest BCUT2D eigenvalue weighted by Crippen LogP contribution is 2.27. The third kappa shape index (κ3) is 6.75. The molecule has 2 saturated heterocycles. The van der Waals surface area contributed by atoms with Crippen LogP contribution in [-0.2, 0) is 9.59 Å². The zero-order valence-corrected chi connectivity index (χ0v) is 16.6. The highest BCUT2D eigenvalue weighted by Gasteiger charge is 2.35. The maximum absolute atomic E-state index is 12.3. The maximum Gasteiger partial charge on any atom is 0.225 e. The standard InChI is InChI=1S/C16H30N4O2.2ClH/c1-16(4-6-17-7-5-16)12-18-15(22)13-10-14(21)20(11-13)9-8-19(2)3;;/h13,17H,4-12H2,1-3H3,(H,18,22);2*1H. The zero-order chi connectivity index (χ0) is 16.2. The Morgan fingerprint density at radius 2 is 1.96 bits per heavy atom. The van der Waals surface area contributed by atoms with Crippen LogP contribution in [0.3, 0.4) is 0 Å². The number of carbonyl (C=O) groups is 2. The minimum Gasteiger partial charge on any atom is -0.355 e. The molecule has 6 nitrogen and oxygen atoms in total. The molecule has 2 heterocycles. The van der Waals surface area contributed by atoms with Gasteiger partial charge in [0.1, 0.15) is 0 Å². The van der Waals surface area contributed by atoms with E-state index in [0.29, 0.717) is 19.5 Å². The number of halogens is 2. The monoisotopic (exact) mass is 382 g/mol. The van der Waals surface area contributed by atoms with E-state index in [0.717, 1.165) is 39.0 Å². The number of likely N-dealkylation sites (tertiary alicyclic amines) is 1. The molecule has 0 radical (unpaired) electrons. The van der Waals surface area contributed by atoms with Gasteiger partial charge >= 0.3 is 0 Å². The topological polar surface area (TPSA) is 64.7 Å². The summed E-state index contributed by atoms with van der Waals surface area (Å²) in [6.45, 7) is 7.10. The molecule has 2 amide bonds. The van der Waals surface area contributed by atoms with Gasteiger partial charge in [-0.15, -0.1) is 24.8 Å². The minimum atomic E-state index is -0.181. The quantitative estimate of drug-likeness (QED) is 0.711. The first-order valence-corrected chi connectivity index (χ1v) is 8.31. The second-order valence-corrected chi connectivity index (χ2v) is 7.32. The summed E-state index contributed by atoms with van der Waals surface area (Å²) in [5, 5.41) is 6.43. The average molecular weight is 383 g/mol. The molecule has 2 rings (SSSR count). The number of hydrogen-bond acceptors (Lipinski definition) is 4. The lowest BCUT2D eigenvalue weighted by atomic mass is 9.81. The Hall–Kier alpha value is -0.560. The van der Waals surface area contributed by atoms with Crippen LogP contribution in [0.4, 0.5) is 0 Å². The van der Waals surface area contributed by atoms with E-state index in [4.69, 9.17) is 0 Å². The van der Waals surface area contributed by atoms with Crippen molar-refractivity contribution < 1.29 is 9.59 Å². The van der Waals surface area contributed by atoms with Crippen molar-refractivity contribution in [2.75, 3.05) is 53.4 Å². The summed E-state index contributed by atoms with van der Waals surface area (Å²) in [4.78, 5) is 28.2. The molecule has 142 valence electrons. The predicted octanol–water partition coefficient (Wildman–Crippen LogP) is 0.746. The van der Waals surface area contributed by atoms with Crippen molar-refractivity contribution >= 4 is 36.6 Å². The third-order valence-electron chi connectivity index (χ3n) is 4.90. The number of rotatable bonds is 6. The molecule has 1 atom stereocenters. The second-order valence-electron chi connectivity index (χ2n) is 7.32. The van der Waals surface area contributed by atoms with Gasteiger partial charge in [-0.1, -0.05) is 6.92 Å². The summed E-state index contributed by atoms with van der Waals surface area (Å²) in [5.41, 5.74) is 0.189. The van der Waals surface area contributed by atoms with E-state index in [1.54, 1.807) is 0 Å². The van der Waals surface area contributed by atoms with Crippen LogP contribution in [0.2, 0.25) is 0 Å². The van der Waals surface area contributed by atoms with Crippen LogP contribution in [0.1, 0.15) is 26.2 Å². The fourth-order valence-electron chi connectivity index (χ4n) is 3.14. The zero-order valence-electron chi connectivity index (χ0n) is 15.0. The normalized spacial score (nSPS) is 22.8. The van der Waals surface area contributed by atoms with Crippen LogP contribution in [0, 0.1) is 11.3 Å². The molecule has 2 fully saturated rings. The molecule has 1 unspecified atom stereocenters. The van der Waals surface area contributed by atoms with Crippen LogP contribution in [-0.4, -0.2) is 75.0 Å². The molecule has 0 aromatic carbocycles. The van der Waals surface area contributed by atoms with E-state index in [1.165, 1.54) is 0 Å². The molecule has 0 spiro atoms. The lowest BCUT2D eigenvalue weighted by molar-refractivity contribution is -0.129. The first-order valence-electron chi connectivity index (χ1n) is 8.31. The van der Waals surface area contributed by atoms with Crippen LogP contribution in [0.5, 0.6) is 0 Å². The summed E-state index contributed by atoms with van der Waals surface area (Å²) >= 11 is 0. The summed E-state index contributed by atoms with van der Waals surface area (Å²) in [7, 11) is 3.98. The number of likely N-dealkylation sites (N-methyl/N-ethyl adjacent to an activating group) is 1. The lowest BCUT2D eigenvalue weighted by Crippen LogP contribution is -2.44. The van der Waals surface area contributed by atoms with E-state index < -0.39 is 0 Å². The molecule has 24 heavy (non-hydrogen) atoms. The molecular weight excluding hydrogens is 351 g/mol. The highest BCUT2D eigenvalue weighted by atomic mass is 35.5. The minimum absolute atomic E-state index is 0. The average Bonchev–Trinajstić information content (AvgIpc) is 2.85. The number of piperidine rings is 1. The third-order valence-corrected chi connectivity index (χ3v) is 4.90. The van der Waals surface area contributed by atoms with E-state index in [1.807, 2.05) is 19.0 Å². The molecule has 0 aromatic rings. The van der Waals surface area contributed by atoms with Crippen molar-refractivity contribution in [2.24, 2.45) is 11.3 Å². The van der Waals surface area contributed by atoms with Gasteiger partial charge in [-0.25, -0.2) is 0 Å². The molecule has 2 N–H and O–H groups in total. The van der Waals surface area contributed by atoms with Crippen molar-refractivity contribution in [3.8, 4) is 0 Å². The number of nitrogens with one attached hydrogen (secondary N) is 2. The summed E-state index contributed by atoms with van der Waals surface area (Å²) in [6.07, 6.45) is 2.54. The van der Waals surface area contributed by atoms with Crippen molar-refractivity contribution in [3.05, 3.63) is 0 Å². The molecule has 2 aliphatic rings. The Balaban J connectivity index is 0.00000264. The fraction of sp³-hybridized carbons (Fsp3) is 0.875. The van der Waals surface area contributed by atoms with Crippen LogP contribution in [0.25, 0.3) is 0 Å². The van der Waals surface area contributed by atoms with Crippen LogP contribution in [0.15, 0.2) is 0 Å². The fourth-order valence-corrected chi connectivity index (χ4v) is 3.14. The van der Waals surface area contributed by atoms with Gasteiger partial charge in [0.2, 0.25) is 11.8 Å². The predicted molar refractivity (Wildman–Crippen MR) is 101 cm³/mol. The van der Waals surface area contributed by atoms with Gasteiger partial charge in [0.25, 0.3) is 0 Å². The van der Waals surface area contributed by atoms with Crippen LogP contribution >= 0.6 is 24.8 Å². The van der Waals surface area contributed by atoms with Gasteiger partial charge in [0, 0.05) is 32.6 Å². The number of amides is 2. The Morgan fingerprint density at radius 1 is 1.33 bits per heavy atom. The lowest BCUT2D eigenvalue weighted by Gasteiger charge is -2.34. The molecule has 8 heteroatoms. The molecule has 0 aliphatic carbocycles. The molecule has 0 aromatic heterocycles. The van der Waals surface area contributed by atoms with E-state index in [2.05, 4.69) is 22.5 Å². The Kier molecular flexibility index (Phi) is 10.2. The van der Waals surface area contributed by atoms with Crippen molar-refractivity contribution in [1.82, 2.24) is 20.4 Å². The first-order chi connectivity index (χ1) is 10.4. The van der Waals surface area contributed by atoms with Gasteiger partial charge in [-0.2, -0.15) is 0 Å². The van der Waals surface area contributed by atoms with Crippen molar-refractivity contribution in [2.45, 2.75) is 26.2 Å². The van der Waals surface area contributed by atoms with E-state index in [-0.39, 0.29) is 48.0 Å². The summed E-state index contributed by atoms with van der Waals surface area (Å²) in [6, 6.07) is 0. The van der Waals surface area contributed by atoms with Gasteiger partial charge < -0.3 is 20.4 Å². The summed E-state index contributed by atoms with van der Waals surface area (Å²) in [5.74, 6) is -0.0319. The molecule has 2 aliphatic heterocycles. The molecule has 0 bridgehead atoms.